The van der Waals surface area contributed by atoms with Gasteiger partial charge in [0.1, 0.15) is 12.4 Å². The predicted octanol–water partition coefficient (Wildman–Crippen LogP) is 2.16. The van der Waals surface area contributed by atoms with Gasteiger partial charge in [0.05, 0.1) is 16.3 Å². The van der Waals surface area contributed by atoms with Crippen LogP contribution in [0.5, 0.6) is 5.75 Å². The molecule has 7 nitrogen and oxygen atoms in total. The Morgan fingerprint density at radius 1 is 1.43 bits per heavy atom. The Labute approximate surface area is 122 Å². The van der Waals surface area contributed by atoms with E-state index in [1.54, 1.807) is 6.07 Å². The maximum Gasteiger partial charge on any atom is 0.270 e. The first-order valence-corrected chi connectivity index (χ1v) is 6.68. The van der Waals surface area contributed by atoms with Crippen molar-refractivity contribution >= 4 is 5.69 Å². The third-order valence-electron chi connectivity index (χ3n) is 3.14. The monoisotopic (exact) mass is 290 g/mol. The van der Waals surface area contributed by atoms with Crippen molar-refractivity contribution in [1.82, 2.24) is 9.78 Å². The Bertz CT molecular complexity index is 652. The van der Waals surface area contributed by atoms with Crippen LogP contribution in [0.4, 0.5) is 5.69 Å². The summed E-state index contributed by atoms with van der Waals surface area (Å²) in [7, 11) is 0. The number of nitrogens with zero attached hydrogens (tertiary/aromatic N) is 3. The van der Waals surface area contributed by atoms with Crippen LogP contribution in [-0.2, 0) is 19.7 Å². The van der Waals surface area contributed by atoms with Crippen molar-refractivity contribution in [1.29, 1.82) is 0 Å². The number of aryl methyl sites for hydroxylation is 2. The maximum absolute atomic E-state index is 10.8. The van der Waals surface area contributed by atoms with Gasteiger partial charge in [-0.1, -0.05) is 0 Å². The van der Waals surface area contributed by atoms with Gasteiger partial charge in [-0.25, -0.2) is 0 Å². The molecule has 0 bridgehead atoms. The van der Waals surface area contributed by atoms with E-state index in [0.717, 1.165) is 17.9 Å². The molecule has 1 aromatic heterocycles. The summed E-state index contributed by atoms with van der Waals surface area (Å²) in [6.45, 7) is 5.22. The summed E-state index contributed by atoms with van der Waals surface area (Å²) in [5, 5.41) is 15.1. The van der Waals surface area contributed by atoms with Gasteiger partial charge in [0, 0.05) is 30.8 Å². The molecule has 1 heterocycles. The summed E-state index contributed by atoms with van der Waals surface area (Å²) < 4.78 is 7.61. The Kier molecular flexibility index (Phi) is 4.54. The first-order chi connectivity index (χ1) is 10.0. The second-order valence-electron chi connectivity index (χ2n) is 4.63. The molecule has 0 fully saturated rings. The molecular formula is C14H18N4O3. The number of benzene rings is 1. The molecule has 2 aromatic rings. The molecule has 112 valence electrons. The lowest BCUT2D eigenvalue weighted by atomic mass is 10.2. The van der Waals surface area contributed by atoms with Crippen LogP contribution in [0.1, 0.15) is 23.9 Å². The molecule has 0 aliphatic heterocycles. The van der Waals surface area contributed by atoms with Crippen molar-refractivity contribution in [3.8, 4) is 5.75 Å². The van der Waals surface area contributed by atoms with E-state index in [4.69, 9.17) is 10.5 Å². The number of hydrogen-bond acceptors (Lipinski definition) is 5. The van der Waals surface area contributed by atoms with Crippen molar-refractivity contribution < 1.29 is 9.66 Å². The number of nitro groups is 1. The second kappa shape index (κ2) is 6.36. The van der Waals surface area contributed by atoms with Crippen LogP contribution in [0.15, 0.2) is 24.3 Å². The summed E-state index contributed by atoms with van der Waals surface area (Å²) in [6.07, 6.45) is 0. The second-order valence-corrected chi connectivity index (χ2v) is 4.63. The summed E-state index contributed by atoms with van der Waals surface area (Å²) >= 11 is 0. The Hall–Kier alpha value is -2.41. The van der Waals surface area contributed by atoms with Crippen LogP contribution in [0.2, 0.25) is 0 Å². The van der Waals surface area contributed by atoms with E-state index in [1.807, 2.05) is 24.6 Å². The molecule has 1 aromatic carbocycles. The number of ether oxygens (including phenoxy) is 1. The van der Waals surface area contributed by atoms with Crippen molar-refractivity contribution in [2.24, 2.45) is 5.73 Å². The highest BCUT2D eigenvalue weighted by Crippen LogP contribution is 2.24. The summed E-state index contributed by atoms with van der Waals surface area (Å²) in [5.74, 6) is 0.560. The predicted molar refractivity (Wildman–Crippen MR) is 78.0 cm³/mol. The molecule has 0 saturated heterocycles. The molecule has 0 spiro atoms. The molecule has 2 rings (SSSR count). The fourth-order valence-corrected chi connectivity index (χ4v) is 2.12. The molecule has 0 saturated carbocycles. The molecule has 0 aliphatic rings. The van der Waals surface area contributed by atoms with Crippen molar-refractivity contribution in [3.63, 3.8) is 0 Å². The number of aromatic nitrogens is 2. The molecule has 7 heteroatoms. The van der Waals surface area contributed by atoms with E-state index in [-0.39, 0.29) is 12.2 Å². The summed E-state index contributed by atoms with van der Waals surface area (Å²) in [5.41, 5.74) is 8.14. The highest BCUT2D eigenvalue weighted by Gasteiger charge is 2.12. The zero-order valence-corrected chi connectivity index (χ0v) is 12.1. The standard InChI is InChI=1S/C14H18N4O3/c1-3-17-13(6-10(2)16-17)9-21-14-5-4-12(18(19)20)7-11(14)8-15/h4-7H,3,8-9,15H2,1-2H3. The average molecular weight is 290 g/mol. The Morgan fingerprint density at radius 2 is 2.19 bits per heavy atom. The van der Waals surface area contributed by atoms with E-state index in [2.05, 4.69) is 5.10 Å². The summed E-state index contributed by atoms with van der Waals surface area (Å²) in [4.78, 5) is 10.3. The van der Waals surface area contributed by atoms with Gasteiger partial charge in [-0.05, 0) is 26.0 Å². The van der Waals surface area contributed by atoms with Gasteiger partial charge in [0.25, 0.3) is 5.69 Å². The van der Waals surface area contributed by atoms with Gasteiger partial charge in [0.15, 0.2) is 0 Å². The minimum Gasteiger partial charge on any atom is -0.487 e. The van der Waals surface area contributed by atoms with Gasteiger partial charge >= 0.3 is 0 Å². The van der Waals surface area contributed by atoms with E-state index in [1.165, 1.54) is 12.1 Å². The zero-order chi connectivity index (χ0) is 15.4. The fourth-order valence-electron chi connectivity index (χ4n) is 2.12. The molecular weight excluding hydrogens is 272 g/mol. The van der Waals surface area contributed by atoms with Crippen LogP contribution < -0.4 is 10.5 Å². The van der Waals surface area contributed by atoms with Gasteiger partial charge in [-0.15, -0.1) is 0 Å². The van der Waals surface area contributed by atoms with E-state index in [9.17, 15) is 10.1 Å². The molecule has 0 unspecified atom stereocenters. The van der Waals surface area contributed by atoms with Crippen LogP contribution in [0.25, 0.3) is 0 Å². The largest absolute Gasteiger partial charge is 0.487 e. The molecule has 2 N–H and O–H groups in total. The third kappa shape index (κ3) is 3.38. The molecule has 0 aliphatic carbocycles. The highest BCUT2D eigenvalue weighted by atomic mass is 16.6. The average Bonchev–Trinajstić information content (AvgIpc) is 2.84. The molecule has 0 atom stereocenters. The lowest BCUT2D eigenvalue weighted by Gasteiger charge is -2.11. The zero-order valence-electron chi connectivity index (χ0n) is 12.1. The fraction of sp³-hybridized carbons (Fsp3) is 0.357. The number of rotatable bonds is 6. The first kappa shape index (κ1) is 15.0. The maximum atomic E-state index is 10.8. The van der Waals surface area contributed by atoms with E-state index >= 15 is 0 Å². The Balaban J connectivity index is 2.17. The third-order valence-corrected chi connectivity index (χ3v) is 3.14. The lowest BCUT2D eigenvalue weighted by molar-refractivity contribution is -0.384. The van der Waals surface area contributed by atoms with Crippen LogP contribution >= 0.6 is 0 Å². The SMILES string of the molecule is CCn1nc(C)cc1COc1ccc([N+](=O)[O-])cc1CN. The van der Waals surface area contributed by atoms with Crippen molar-refractivity contribution in [2.45, 2.75) is 33.5 Å². The first-order valence-electron chi connectivity index (χ1n) is 6.68. The normalized spacial score (nSPS) is 10.6. The smallest absolute Gasteiger partial charge is 0.270 e. The minimum atomic E-state index is -0.446. The van der Waals surface area contributed by atoms with Gasteiger partial charge in [-0.2, -0.15) is 5.10 Å². The molecule has 21 heavy (non-hydrogen) atoms. The number of nitrogens with two attached hydrogens (primary N) is 1. The van der Waals surface area contributed by atoms with E-state index in [0.29, 0.717) is 17.9 Å². The number of nitro benzene ring substituents is 1. The highest BCUT2D eigenvalue weighted by molar-refractivity contribution is 5.43. The molecule has 0 radical (unpaired) electrons. The number of hydrogen-bond donors (Lipinski definition) is 1. The summed E-state index contributed by atoms with van der Waals surface area (Å²) in [6, 6.07) is 6.39. The van der Waals surface area contributed by atoms with E-state index < -0.39 is 4.92 Å². The minimum absolute atomic E-state index is 0.0113. The van der Waals surface area contributed by atoms with Crippen molar-refractivity contribution in [3.05, 3.63) is 51.3 Å². The topological polar surface area (TPSA) is 96.2 Å². The Morgan fingerprint density at radius 3 is 2.81 bits per heavy atom. The lowest BCUT2D eigenvalue weighted by Crippen LogP contribution is -2.08. The van der Waals surface area contributed by atoms with Crippen LogP contribution in [0.3, 0.4) is 0 Å². The van der Waals surface area contributed by atoms with Crippen LogP contribution in [-0.4, -0.2) is 14.7 Å². The van der Waals surface area contributed by atoms with Crippen molar-refractivity contribution in [2.75, 3.05) is 0 Å². The van der Waals surface area contributed by atoms with Gasteiger partial charge < -0.3 is 10.5 Å². The number of non-ortho nitro benzene ring substituents is 1. The van der Waals surface area contributed by atoms with Crippen LogP contribution in [0, 0.1) is 17.0 Å². The molecule has 0 amide bonds. The van der Waals surface area contributed by atoms with Gasteiger partial charge in [-0.3, -0.25) is 14.8 Å². The quantitative estimate of drug-likeness (QED) is 0.649. The van der Waals surface area contributed by atoms with Gasteiger partial charge in [0.2, 0.25) is 0 Å².